The summed E-state index contributed by atoms with van der Waals surface area (Å²) in [5.74, 6) is 0.758. The van der Waals surface area contributed by atoms with Crippen LogP contribution in [0.3, 0.4) is 0 Å². The van der Waals surface area contributed by atoms with E-state index in [0.717, 1.165) is 6.07 Å². The molecule has 0 amide bonds. The van der Waals surface area contributed by atoms with E-state index < -0.39 is 11.7 Å². The molecule has 5 nitrogen and oxygen atoms in total. The Morgan fingerprint density at radius 1 is 1.26 bits per heavy atom. The fourth-order valence-electron chi connectivity index (χ4n) is 1.73. The Kier molecular flexibility index (Phi) is 5.25. The Labute approximate surface area is 136 Å². The van der Waals surface area contributed by atoms with E-state index in [0.29, 0.717) is 12.5 Å². The van der Waals surface area contributed by atoms with E-state index in [9.17, 15) is 13.2 Å². The van der Waals surface area contributed by atoms with E-state index in [4.69, 9.17) is 11.6 Å². The molecular formula is C14H15ClF3N5. The Morgan fingerprint density at radius 2 is 2.00 bits per heavy atom. The molecular weight excluding hydrogens is 331 g/mol. The second kappa shape index (κ2) is 6.99. The van der Waals surface area contributed by atoms with Gasteiger partial charge < -0.3 is 10.6 Å². The Balaban J connectivity index is 2.24. The van der Waals surface area contributed by atoms with Crippen LogP contribution in [0.4, 0.5) is 30.6 Å². The topological polar surface area (TPSA) is 62.7 Å². The summed E-state index contributed by atoms with van der Waals surface area (Å²) in [6.07, 6.45) is -3.29. The van der Waals surface area contributed by atoms with Gasteiger partial charge in [-0.3, -0.25) is 0 Å². The molecule has 2 aromatic rings. The van der Waals surface area contributed by atoms with E-state index in [1.807, 2.05) is 13.8 Å². The Bertz CT molecular complexity index is 676. The largest absolute Gasteiger partial charge is 0.418 e. The van der Waals surface area contributed by atoms with Crippen molar-refractivity contribution >= 4 is 29.1 Å². The monoisotopic (exact) mass is 345 g/mol. The quantitative estimate of drug-likeness (QED) is 0.843. The Morgan fingerprint density at radius 3 is 2.65 bits per heavy atom. The average Bonchev–Trinajstić information content (AvgIpc) is 2.46. The molecule has 0 aliphatic rings. The first-order valence-electron chi connectivity index (χ1n) is 6.83. The maximum Gasteiger partial charge on any atom is 0.418 e. The molecule has 0 saturated heterocycles. The van der Waals surface area contributed by atoms with Crippen LogP contribution < -0.4 is 10.6 Å². The predicted molar refractivity (Wildman–Crippen MR) is 82.9 cm³/mol. The molecule has 0 radical (unpaired) electrons. The third-order valence-electron chi connectivity index (χ3n) is 2.78. The van der Waals surface area contributed by atoms with Gasteiger partial charge >= 0.3 is 6.18 Å². The first kappa shape index (κ1) is 17.3. The van der Waals surface area contributed by atoms with Gasteiger partial charge in [0.05, 0.1) is 17.4 Å². The summed E-state index contributed by atoms with van der Waals surface area (Å²) in [6, 6.07) is 3.47. The summed E-state index contributed by atoms with van der Waals surface area (Å²) in [5, 5.41) is 13.1. The average molecular weight is 346 g/mol. The lowest BCUT2D eigenvalue weighted by Gasteiger charge is -2.14. The number of nitrogens with one attached hydrogen (secondary N) is 2. The molecule has 9 heteroatoms. The van der Waals surface area contributed by atoms with Crippen molar-refractivity contribution in [2.45, 2.75) is 20.0 Å². The van der Waals surface area contributed by atoms with E-state index in [-0.39, 0.29) is 22.5 Å². The zero-order valence-electron chi connectivity index (χ0n) is 12.4. The molecule has 0 saturated carbocycles. The molecule has 0 bridgehead atoms. The molecule has 0 atom stereocenters. The van der Waals surface area contributed by atoms with Gasteiger partial charge in [0, 0.05) is 11.6 Å². The van der Waals surface area contributed by atoms with Crippen molar-refractivity contribution in [1.82, 2.24) is 15.2 Å². The molecule has 2 N–H and O–H groups in total. The highest BCUT2D eigenvalue weighted by molar-refractivity contribution is 6.30. The van der Waals surface area contributed by atoms with Crippen molar-refractivity contribution in [3.63, 3.8) is 0 Å². The zero-order valence-corrected chi connectivity index (χ0v) is 13.2. The number of halogens is 4. The predicted octanol–water partition coefficient (Wildman–Crippen LogP) is 4.36. The molecule has 0 unspecified atom stereocenters. The summed E-state index contributed by atoms with van der Waals surface area (Å²) >= 11 is 5.65. The van der Waals surface area contributed by atoms with Gasteiger partial charge in [-0.2, -0.15) is 23.3 Å². The molecule has 0 aliphatic carbocycles. The number of benzene rings is 1. The normalized spacial score (nSPS) is 11.6. The molecule has 1 aromatic heterocycles. The number of alkyl halides is 3. The van der Waals surface area contributed by atoms with Crippen molar-refractivity contribution in [3.8, 4) is 0 Å². The van der Waals surface area contributed by atoms with Gasteiger partial charge in [0.1, 0.15) is 0 Å². The number of rotatable bonds is 5. The summed E-state index contributed by atoms with van der Waals surface area (Å²) in [5.41, 5.74) is -1.03. The molecule has 124 valence electrons. The fraction of sp³-hybridized carbons (Fsp3) is 0.357. The number of anilines is 3. The van der Waals surface area contributed by atoms with Crippen LogP contribution in [-0.2, 0) is 6.18 Å². The molecule has 1 aromatic carbocycles. The standard InChI is InChI=1S/C14H15ClF3N5/c1-8(2)6-19-13-22-12(7-20-23-13)21-11-4-3-9(15)5-10(11)14(16,17)18/h3-5,7-8H,6H2,1-2H3,(H2,19,21,22,23). The molecule has 0 aliphatic heterocycles. The third kappa shape index (κ3) is 4.95. The van der Waals surface area contributed by atoms with Crippen LogP contribution in [0.25, 0.3) is 0 Å². The molecule has 0 spiro atoms. The van der Waals surface area contributed by atoms with E-state index in [2.05, 4.69) is 25.8 Å². The smallest absolute Gasteiger partial charge is 0.353 e. The summed E-state index contributed by atoms with van der Waals surface area (Å²) in [6.45, 7) is 4.64. The molecule has 0 fully saturated rings. The van der Waals surface area contributed by atoms with Gasteiger partial charge in [0.2, 0.25) is 5.95 Å². The van der Waals surface area contributed by atoms with Gasteiger partial charge in [0.25, 0.3) is 0 Å². The van der Waals surface area contributed by atoms with Crippen molar-refractivity contribution in [2.24, 2.45) is 5.92 Å². The van der Waals surface area contributed by atoms with Crippen molar-refractivity contribution in [1.29, 1.82) is 0 Å². The van der Waals surface area contributed by atoms with E-state index in [1.54, 1.807) is 0 Å². The van der Waals surface area contributed by atoms with Crippen LogP contribution in [-0.4, -0.2) is 21.7 Å². The zero-order chi connectivity index (χ0) is 17.0. The van der Waals surface area contributed by atoms with Crippen LogP contribution >= 0.6 is 11.6 Å². The molecule has 1 heterocycles. The number of hydrogen-bond acceptors (Lipinski definition) is 5. The highest BCUT2D eigenvalue weighted by Gasteiger charge is 2.34. The number of hydrogen-bond donors (Lipinski definition) is 2. The second-order valence-electron chi connectivity index (χ2n) is 5.25. The fourth-order valence-corrected chi connectivity index (χ4v) is 1.90. The van der Waals surface area contributed by atoms with Crippen LogP contribution in [0.1, 0.15) is 19.4 Å². The Hall–Kier alpha value is -2.09. The third-order valence-corrected chi connectivity index (χ3v) is 3.01. The highest BCUT2D eigenvalue weighted by atomic mass is 35.5. The summed E-state index contributed by atoms with van der Waals surface area (Å²) in [7, 11) is 0. The lowest BCUT2D eigenvalue weighted by Crippen LogP contribution is -2.13. The minimum absolute atomic E-state index is 0.00276. The van der Waals surface area contributed by atoms with Gasteiger partial charge in [-0.05, 0) is 24.1 Å². The van der Waals surface area contributed by atoms with Crippen LogP contribution in [0.5, 0.6) is 0 Å². The van der Waals surface area contributed by atoms with Crippen molar-refractivity contribution in [2.75, 3.05) is 17.2 Å². The SMILES string of the molecule is CC(C)CNc1nncc(Nc2ccc(Cl)cc2C(F)(F)F)n1. The van der Waals surface area contributed by atoms with Gasteiger partial charge in [0.15, 0.2) is 5.82 Å². The van der Waals surface area contributed by atoms with Crippen molar-refractivity contribution in [3.05, 3.63) is 35.0 Å². The number of nitrogens with zero attached hydrogens (tertiary/aromatic N) is 3. The first-order chi connectivity index (χ1) is 10.8. The summed E-state index contributed by atoms with van der Waals surface area (Å²) < 4.78 is 39.2. The van der Waals surface area contributed by atoms with Crippen LogP contribution in [0.15, 0.2) is 24.4 Å². The van der Waals surface area contributed by atoms with Gasteiger partial charge in [-0.1, -0.05) is 25.4 Å². The van der Waals surface area contributed by atoms with Crippen LogP contribution in [0.2, 0.25) is 5.02 Å². The minimum Gasteiger partial charge on any atom is -0.353 e. The lowest BCUT2D eigenvalue weighted by molar-refractivity contribution is -0.136. The van der Waals surface area contributed by atoms with E-state index in [1.165, 1.54) is 18.3 Å². The van der Waals surface area contributed by atoms with E-state index >= 15 is 0 Å². The first-order valence-corrected chi connectivity index (χ1v) is 7.21. The second-order valence-corrected chi connectivity index (χ2v) is 5.69. The van der Waals surface area contributed by atoms with Crippen molar-refractivity contribution < 1.29 is 13.2 Å². The van der Waals surface area contributed by atoms with Crippen LogP contribution in [0, 0.1) is 5.92 Å². The molecule has 23 heavy (non-hydrogen) atoms. The summed E-state index contributed by atoms with van der Waals surface area (Å²) in [4.78, 5) is 4.09. The maximum atomic E-state index is 13.1. The van der Waals surface area contributed by atoms with Gasteiger partial charge in [-0.25, -0.2) is 0 Å². The molecule has 2 rings (SSSR count). The maximum absolute atomic E-state index is 13.1. The lowest BCUT2D eigenvalue weighted by atomic mass is 10.1. The minimum atomic E-state index is -4.54. The highest BCUT2D eigenvalue weighted by Crippen LogP contribution is 2.37. The van der Waals surface area contributed by atoms with Gasteiger partial charge in [-0.15, -0.1) is 5.10 Å². The number of aromatic nitrogens is 3.